The third kappa shape index (κ3) is 3.98. The summed E-state index contributed by atoms with van der Waals surface area (Å²) in [7, 11) is 0. The monoisotopic (exact) mass is 256 g/mol. The molecule has 0 aromatic rings. The minimum absolute atomic E-state index is 0.0317. The van der Waals surface area contributed by atoms with Crippen molar-refractivity contribution in [1.29, 1.82) is 0 Å². The van der Waals surface area contributed by atoms with E-state index in [0.29, 0.717) is 6.54 Å². The Kier molecular flexibility index (Phi) is 6.12. The molecule has 18 heavy (non-hydrogen) atoms. The molecular weight excluding hydrogens is 232 g/mol. The minimum atomic E-state index is -0.127. The lowest BCUT2D eigenvalue weighted by atomic mass is 9.95. The molecule has 1 saturated heterocycles. The van der Waals surface area contributed by atoms with E-state index in [4.69, 9.17) is 5.11 Å². The fourth-order valence-corrected chi connectivity index (χ4v) is 2.20. The Hall–Kier alpha value is -1.10. The molecule has 0 radical (unpaired) electrons. The third-order valence-corrected chi connectivity index (χ3v) is 3.55. The maximum Gasteiger partial charge on any atom is 0.225 e. The average molecular weight is 256 g/mol. The van der Waals surface area contributed by atoms with Crippen LogP contribution in [0.4, 0.5) is 0 Å². The van der Waals surface area contributed by atoms with Gasteiger partial charge in [0.1, 0.15) is 0 Å². The predicted molar refractivity (Wildman–Crippen MR) is 68.9 cm³/mol. The van der Waals surface area contributed by atoms with E-state index in [1.165, 1.54) is 0 Å². The van der Waals surface area contributed by atoms with E-state index in [9.17, 15) is 9.59 Å². The number of likely N-dealkylation sites (tertiary alicyclic amines) is 1. The number of piperidine rings is 1. The van der Waals surface area contributed by atoms with E-state index in [0.717, 1.165) is 25.8 Å². The van der Waals surface area contributed by atoms with Gasteiger partial charge in [-0.05, 0) is 19.3 Å². The second-order valence-electron chi connectivity index (χ2n) is 4.95. The summed E-state index contributed by atoms with van der Waals surface area (Å²) in [5, 5.41) is 11.4. The molecule has 0 bridgehead atoms. The van der Waals surface area contributed by atoms with Crippen LogP contribution < -0.4 is 5.32 Å². The lowest BCUT2D eigenvalue weighted by Gasteiger charge is -2.33. The molecule has 2 atom stereocenters. The highest BCUT2D eigenvalue weighted by atomic mass is 16.3. The Balaban J connectivity index is 2.50. The van der Waals surface area contributed by atoms with E-state index >= 15 is 0 Å². The number of rotatable bonds is 5. The zero-order valence-electron chi connectivity index (χ0n) is 11.3. The standard InChI is InChI=1S/C13H24N2O3/c1-3-10(2)13(18)15-7-4-5-11(9-15)12(17)14-6-8-16/h10-11,16H,3-9H2,1-2H3,(H,14,17). The summed E-state index contributed by atoms with van der Waals surface area (Å²) >= 11 is 0. The van der Waals surface area contributed by atoms with Crippen LogP contribution in [0.15, 0.2) is 0 Å². The van der Waals surface area contributed by atoms with Crippen LogP contribution in [0.1, 0.15) is 33.1 Å². The highest BCUT2D eigenvalue weighted by Gasteiger charge is 2.29. The first-order valence-corrected chi connectivity index (χ1v) is 6.77. The van der Waals surface area contributed by atoms with Crippen molar-refractivity contribution in [2.24, 2.45) is 11.8 Å². The van der Waals surface area contributed by atoms with Crippen LogP contribution in [0.2, 0.25) is 0 Å². The molecule has 0 aromatic heterocycles. The molecule has 1 heterocycles. The molecule has 1 rings (SSSR count). The van der Waals surface area contributed by atoms with Crippen LogP contribution in [-0.4, -0.2) is 48.1 Å². The topological polar surface area (TPSA) is 69.6 Å². The Labute approximate surface area is 109 Å². The molecule has 2 N–H and O–H groups in total. The quantitative estimate of drug-likeness (QED) is 0.747. The molecule has 104 valence electrons. The van der Waals surface area contributed by atoms with Gasteiger partial charge in [-0.15, -0.1) is 0 Å². The Bertz CT molecular complexity index is 294. The first-order valence-electron chi connectivity index (χ1n) is 6.77. The summed E-state index contributed by atoms with van der Waals surface area (Å²) in [4.78, 5) is 25.7. The highest BCUT2D eigenvalue weighted by Crippen LogP contribution is 2.19. The summed E-state index contributed by atoms with van der Waals surface area (Å²) in [6.45, 7) is 5.44. The third-order valence-electron chi connectivity index (χ3n) is 3.55. The van der Waals surface area contributed by atoms with E-state index in [-0.39, 0.29) is 36.8 Å². The van der Waals surface area contributed by atoms with E-state index in [1.807, 2.05) is 13.8 Å². The van der Waals surface area contributed by atoms with Gasteiger partial charge in [-0.3, -0.25) is 9.59 Å². The largest absolute Gasteiger partial charge is 0.395 e. The van der Waals surface area contributed by atoms with Crippen LogP contribution in [0, 0.1) is 11.8 Å². The molecule has 0 saturated carbocycles. The molecule has 1 aliphatic heterocycles. The molecular formula is C13H24N2O3. The molecule has 5 nitrogen and oxygen atoms in total. The van der Waals surface area contributed by atoms with Crippen molar-refractivity contribution in [2.45, 2.75) is 33.1 Å². The number of nitrogens with one attached hydrogen (secondary N) is 1. The van der Waals surface area contributed by atoms with Gasteiger partial charge in [-0.25, -0.2) is 0 Å². The molecule has 2 unspecified atom stereocenters. The van der Waals surface area contributed by atoms with Gasteiger partial charge in [0.2, 0.25) is 11.8 Å². The molecule has 1 aliphatic rings. The highest BCUT2D eigenvalue weighted by molar-refractivity contribution is 5.82. The predicted octanol–water partition coefficient (Wildman–Crippen LogP) is 0.380. The maximum atomic E-state index is 12.1. The van der Waals surface area contributed by atoms with E-state index in [2.05, 4.69) is 5.32 Å². The fraction of sp³-hybridized carbons (Fsp3) is 0.846. The number of nitrogens with zero attached hydrogens (tertiary/aromatic N) is 1. The van der Waals surface area contributed by atoms with Crippen molar-refractivity contribution in [3.05, 3.63) is 0 Å². The first kappa shape index (κ1) is 15.0. The summed E-state index contributed by atoms with van der Waals surface area (Å²) < 4.78 is 0. The maximum absolute atomic E-state index is 12.1. The van der Waals surface area contributed by atoms with Gasteiger partial charge in [-0.2, -0.15) is 0 Å². The van der Waals surface area contributed by atoms with Gasteiger partial charge < -0.3 is 15.3 Å². The van der Waals surface area contributed by atoms with Gasteiger partial charge in [0, 0.05) is 25.6 Å². The summed E-state index contributed by atoms with van der Waals surface area (Å²) in [5.41, 5.74) is 0. The number of aliphatic hydroxyl groups excluding tert-OH is 1. The minimum Gasteiger partial charge on any atom is -0.395 e. The van der Waals surface area contributed by atoms with E-state index < -0.39 is 0 Å². The molecule has 0 aromatic carbocycles. The second kappa shape index (κ2) is 7.36. The van der Waals surface area contributed by atoms with Crippen LogP contribution in [0.25, 0.3) is 0 Å². The normalized spacial score (nSPS) is 21.5. The molecule has 0 spiro atoms. The molecule has 1 fully saturated rings. The smallest absolute Gasteiger partial charge is 0.225 e. The van der Waals surface area contributed by atoms with Crippen molar-refractivity contribution >= 4 is 11.8 Å². The molecule has 5 heteroatoms. The number of carbonyl (C=O) groups is 2. The number of aliphatic hydroxyl groups is 1. The Morgan fingerprint density at radius 1 is 1.50 bits per heavy atom. The zero-order valence-corrected chi connectivity index (χ0v) is 11.3. The van der Waals surface area contributed by atoms with Crippen molar-refractivity contribution < 1.29 is 14.7 Å². The first-order chi connectivity index (χ1) is 8.60. The molecule has 2 amide bonds. The zero-order chi connectivity index (χ0) is 13.5. The SMILES string of the molecule is CCC(C)C(=O)N1CCCC(C(=O)NCCO)C1. The number of hydrogen-bond acceptors (Lipinski definition) is 3. The van der Waals surface area contributed by atoms with Gasteiger partial charge in [0.15, 0.2) is 0 Å². The van der Waals surface area contributed by atoms with Crippen molar-refractivity contribution in [3.8, 4) is 0 Å². The van der Waals surface area contributed by atoms with Crippen LogP contribution >= 0.6 is 0 Å². The van der Waals surface area contributed by atoms with Crippen molar-refractivity contribution in [2.75, 3.05) is 26.2 Å². The van der Waals surface area contributed by atoms with Crippen LogP contribution in [0.3, 0.4) is 0 Å². The van der Waals surface area contributed by atoms with Gasteiger partial charge in [0.25, 0.3) is 0 Å². The number of hydrogen-bond donors (Lipinski definition) is 2. The van der Waals surface area contributed by atoms with Crippen LogP contribution in [-0.2, 0) is 9.59 Å². The molecule has 0 aliphatic carbocycles. The Morgan fingerprint density at radius 3 is 2.83 bits per heavy atom. The van der Waals surface area contributed by atoms with Gasteiger partial charge in [-0.1, -0.05) is 13.8 Å². The van der Waals surface area contributed by atoms with Crippen molar-refractivity contribution in [3.63, 3.8) is 0 Å². The lowest BCUT2D eigenvalue weighted by molar-refractivity contribution is -0.138. The summed E-state index contributed by atoms with van der Waals surface area (Å²) in [5.74, 6) is 0.00502. The average Bonchev–Trinajstić information content (AvgIpc) is 2.43. The second-order valence-corrected chi connectivity index (χ2v) is 4.95. The van der Waals surface area contributed by atoms with Crippen LogP contribution in [0.5, 0.6) is 0 Å². The lowest BCUT2D eigenvalue weighted by Crippen LogP contribution is -2.47. The summed E-state index contributed by atoms with van der Waals surface area (Å²) in [6.07, 6.45) is 2.53. The van der Waals surface area contributed by atoms with Gasteiger partial charge >= 0.3 is 0 Å². The van der Waals surface area contributed by atoms with Crippen molar-refractivity contribution in [1.82, 2.24) is 10.2 Å². The number of carbonyl (C=O) groups excluding carboxylic acids is 2. The van der Waals surface area contributed by atoms with Gasteiger partial charge in [0.05, 0.1) is 12.5 Å². The Morgan fingerprint density at radius 2 is 2.22 bits per heavy atom. The van der Waals surface area contributed by atoms with E-state index in [1.54, 1.807) is 4.90 Å². The summed E-state index contributed by atoms with van der Waals surface area (Å²) in [6, 6.07) is 0. The number of amides is 2. The fourth-order valence-electron chi connectivity index (χ4n) is 2.20.